The second kappa shape index (κ2) is 4.30. The van der Waals surface area contributed by atoms with E-state index in [0.717, 1.165) is 18.4 Å². The van der Waals surface area contributed by atoms with Crippen LogP contribution in [0.5, 0.6) is 0 Å². The van der Waals surface area contributed by atoms with Gasteiger partial charge in [0.05, 0.1) is 6.10 Å². The van der Waals surface area contributed by atoms with E-state index in [4.69, 9.17) is 4.74 Å². The molecule has 0 N–H and O–H groups in total. The van der Waals surface area contributed by atoms with Crippen LogP contribution in [0.15, 0.2) is 0 Å². The minimum Gasteiger partial charge on any atom is -0.356 e. The van der Waals surface area contributed by atoms with Crippen molar-refractivity contribution in [2.24, 2.45) is 11.8 Å². The van der Waals surface area contributed by atoms with Crippen LogP contribution in [0.4, 0.5) is 0 Å². The molecule has 1 aliphatic heterocycles. The van der Waals surface area contributed by atoms with Gasteiger partial charge in [-0.25, -0.2) is 0 Å². The van der Waals surface area contributed by atoms with Crippen molar-refractivity contribution in [1.29, 1.82) is 0 Å². The molecule has 1 heterocycles. The summed E-state index contributed by atoms with van der Waals surface area (Å²) in [6, 6.07) is 0.601. The number of rotatable bonds is 2. The van der Waals surface area contributed by atoms with Gasteiger partial charge in [-0.2, -0.15) is 0 Å². The fourth-order valence-electron chi connectivity index (χ4n) is 3.88. The maximum Gasteiger partial charge on any atom is 0.125 e. The monoisotopic (exact) mass is 225 g/mol. The molecule has 1 spiro atoms. The summed E-state index contributed by atoms with van der Waals surface area (Å²) < 4.78 is 6.38. The quantitative estimate of drug-likeness (QED) is 0.715. The zero-order valence-electron chi connectivity index (χ0n) is 11.5. The van der Waals surface area contributed by atoms with Crippen molar-refractivity contribution in [1.82, 2.24) is 4.90 Å². The van der Waals surface area contributed by atoms with Crippen LogP contribution in [0.1, 0.15) is 53.9 Å². The normalized spacial score (nSPS) is 40.7. The largest absolute Gasteiger partial charge is 0.356 e. The lowest BCUT2D eigenvalue weighted by molar-refractivity contribution is -0.145. The fourth-order valence-corrected chi connectivity index (χ4v) is 3.88. The molecule has 0 amide bonds. The van der Waals surface area contributed by atoms with Crippen molar-refractivity contribution in [3.63, 3.8) is 0 Å². The molecule has 0 bridgehead atoms. The van der Waals surface area contributed by atoms with E-state index in [2.05, 4.69) is 39.5 Å². The number of hydrogen-bond acceptors (Lipinski definition) is 2. The van der Waals surface area contributed by atoms with Crippen molar-refractivity contribution in [3.8, 4) is 0 Å². The van der Waals surface area contributed by atoms with Gasteiger partial charge in [0.15, 0.2) is 0 Å². The highest BCUT2D eigenvalue weighted by atomic mass is 16.5. The summed E-state index contributed by atoms with van der Waals surface area (Å²) >= 11 is 0. The van der Waals surface area contributed by atoms with Gasteiger partial charge in [0.2, 0.25) is 0 Å². The number of nitrogens with zero attached hydrogens (tertiary/aromatic N) is 1. The molecular formula is C14H27NO. The second-order valence-corrected chi connectivity index (χ2v) is 6.26. The molecule has 16 heavy (non-hydrogen) atoms. The predicted octanol–water partition coefficient (Wildman–Crippen LogP) is 3.27. The standard InChI is InChI=1S/C14H27NO/c1-10(2)13-7-6-8-14(13)15(11(3)4)9-12(5)16-14/h10-13H,6-9H2,1-5H3/t12-,13+,14-/m1/s1. The Morgan fingerprint density at radius 2 is 1.94 bits per heavy atom. The highest BCUT2D eigenvalue weighted by molar-refractivity contribution is 5.00. The van der Waals surface area contributed by atoms with E-state index < -0.39 is 0 Å². The Balaban J connectivity index is 2.27. The Labute approximate surface area is 100 Å². The van der Waals surface area contributed by atoms with Crippen molar-refractivity contribution in [2.45, 2.75) is 71.8 Å². The van der Waals surface area contributed by atoms with E-state index in [1.807, 2.05) is 0 Å². The van der Waals surface area contributed by atoms with E-state index in [9.17, 15) is 0 Å². The van der Waals surface area contributed by atoms with E-state index in [1.165, 1.54) is 19.3 Å². The third-order valence-electron chi connectivity index (χ3n) is 4.40. The zero-order valence-corrected chi connectivity index (χ0v) is 11.5. The smallest absolute Gasteiger partial charge is 0.125 e. The molecule has 94 valence electrons. The Kier molecular flexibility index (Phi) is 3.33. The van der Waals surface area contributed by atoms with Crippen LogP contribution in [-0.4, -0.2) is 29.3 Å². The van der Waals surface area contributed by atoms with Crippen LogP contribution in [0.3, 0.4) is 0 Å². The summed E-state index contributed by atoms with van der Waals surface area (Å²) in [5.41, 5.74) is 0.0712. The van der Waals surface area contributed by atoms with E-state index in [0.29, 0.717) is 12.1 Å². The molecule has 2 heteroatoms. The lowest BCUT2D eigenvalue weighted by Crippen LogP contribution is -2.52. The minimum atomic E-state index is 0.0712. The van der Waals surface area contributed by atoms with E-state index >= 15 is 0 Å². The first kappa shape index (κ1) is 12.4. The van der Waals surface area contributed by atoms with Gasteiger partial charge in [-0.3, -0.25) is 4.90 Å². The maximum atomic E-state index is 6.38. The molecule has 0 radical (unpaired) electrons. The van der Waals surface area contributed by atoms with Gasteiger partial charge in [0.1, 0.15) is 5.72 Å². The molecule has 0 aromatic heterocycles. The summed E-state index contributed by atoms with van der Waals surface area (Å²) in [7, 11) is 0. The van der Waals surface area contributed by atoms with Crippen LogP contribution in [0.25, 0.3) is 0 Å². The first-order valence-corrected chi connectivity index (χ1v) is 6.92. The first-order chi connectivity index (χ1) is 7.47. The molecule has 1 saturated heterocycles. The van der Waals surface area contributed by atoms with Crippen LogP contribution in [0, 0.1) is 11.8 Å². The molecule has 2 rings (SSSR count). The molecule has 0 unspecified atom stereocenters. The topological polar surface area (TPSA) is 12.5 Å². The Hall–Kier alpha value is -0.0800. The molecule has 3 atom stereocenters. The van der Waals surface area contributed by atoms with Crippen molar-refractivity contribution in [3.05, 3.63) is 0 Å². The summed E-state index contributed by atoms with van der Waals surface area (Å²) in [4.78, 5) is 2.62. The van der Waals surface area contributed by atoms with E-state index in [1.54, 1.807) is 0 Å². The number of hydrogen-bond donors (Lipinski definition) is 0. The summed E-state index contributed by atoms with van der Waals surface area (Å²) in [5.74, 6) is 1.45. The first-order valence-electron chi connectivity index (χ1n) is 6.92. The highest BCUT2D eigenvalue weighted by Gasteiger charge is 2.54. The Morgan fingerprint density at radius 3 is 2.50 bits per heavy atom. The minimum absolute atomic E-state index is 0.0712. The third kappa shape index (κ3) is 1.80. The van der Waals surface area contributed by atoms with Gasteiger partial charge in [-0.15, -0.1) is 0 Å². The van der Waals surface area contributed by atoms with Crippen LogP contribution >= 0.6 is 0 Å². The molecule has 0 aromatic carbocycles. The van der Waals surface area contributed by atoms with Gasteiger partial charge >= 0.3 is 0 Å². The Morgan fingerprint density at radius 1 is 1.25 bits per heavy atom. The van der Waals surface area contributed by atoms with Gasteiger partial charge in [0.25, 0.3) is 0 Å². The van der Waals surface area contributed by atoms with Gasteiger partial charge < -0.3 is 4.74 Å². The second-order valence-electron chi connectivity index (χ2n) is 6.26. The average Bonchev–Trinajstić information content (AvgIpc) is 2.71. The molecule has 1 saturated carbocycles. The van der Waals surface area contributed by atoms with Crippen LogP contribution in [-0.2, 0) is 4.74 Å². The molecule has 2 fully saturated rings. The van der Waals surface area contributed by atoms with E-state index in [-0.39, 0.29) is 5.72 Å². The van der Waals surface area contributed by atoms with Crippen LogP contribution < -0.4 is 0 Å². The van der Waals surface area contributed by atoms with Crippen molar-refractivity contribution in [2.75, 3.05) is 6.54 Å². The molecule has 2 aliphatic rings. The molecular weight excluding hydrogens is 198 g/mol. The SMILES string of the molecule is CC(C)[C@@H]1CCC[C@@]12O[C@H](C)CN2C(C)C. The zero-order chi connectivity index (χ0) is 11.9. The summed E-state index contributed by atoms with van der Waals surface area (Å²) in [5, 5.41) is 0. The molecule has 1 aliphatic carbocycles. The van der Waals surface area contributed by atoms with Crippen molar-refractivity contribution < 1.29 is 4.74 Å². The lowest BCUT2D eigenvalue weighted by Gasteiger charge is -2.42. The highest BCUT2D eigenvalue weighted by Crippen LogP contribution is 2.49. The van der Waals surface area contributed by atoms with Gasteiger partial charge in [-0.05, 0) is 46.0 Å². The summed E-state index contributed by atoms with van der Waals surface area (Å²) in [6.07, 6.45) is 4.31. The van der Waals surface area contributed by atoms with Crippen molar-refractivity contribution >= 4 is 0 Å². The van der Waals surface area contributed by atoms with Gasteiger partial charge in [0, 0.05) is 18.5 Å². The average molecular weight is 225 g/mol. The maximum absolute atomic E-state index is 6.38. The predicted molar refractivity (Wildman–Crippen MR) is 67.3 cm³/mol. The lowest BCUT2D eigenvalue weighted by atomic mass is 9.86. The fraction of sp³-hybridized carbons (Fsp3) is 1.00. The Bertz CT molecular complexity index is 251. The molecule has 0 aromatic rings. The third-order valence-corrected chi connectivity index (χ3v) is 4.40. The number of ether oxygens (including phenoxy) is 1. The van der Waals surface area contributed by atoms with Crippen LogP contribution in [0.2, 0.25) is 0 Å². The van der Waals surface area contributed by atoms with Gasteiger partial charge in [-0.1, -0.05) is 13.8 Å². The summed E-state index contributed by atoms with van der Waals surface area (Å²) in [6.45, 7) is 12.6. The molecule has 2 nitrogen and oxygen atoms in total.